The molecule has 0 aliphatic rings. The molecule has 32 heavy (non-hydrogen) atoms. The number of aliphatic hydroxyl groups is 1. The third-order valence-corrected chi connectivity index (χ3v) is 5.88. The van der Waals surface area contributed by atoms with Gasteiger partial charge in [0.1, 0.15) is 23.3 Å². The zero-order chi connectivity index (χ0) is 22.5. The van der Waals surface area contributed by atoms with Crippen molar-refractivity contribution in [3.05, 3.63) is 82.9 Å². The number of carbonyl (C=O) groups is 1. The SMILES string of the molecule is CCOC(=O)c1ccc(OCC(O)Cn2cnc3sc(-c4ccccc4)cc3c2=O)cc1. The van der Waals surface area contributed by atoms with Crippen molar-refractivity contribution in [3.8, 4) is 16.2 Å². The zero-order valence-electron chi connectivity index (χ0n) is 17.4. The van der Waals surface area contributed by atoms with E-state index in [-0.39, 0.29) is 18.7 Å². The number of aromatic nitrogens is 2. The predicted octanol–water partition coefficient (Wildman–Crippen LogP) is 3.74. The van der Waals surface area contributed by atoms with Gasteiger partial charge in [0.15, 0.2) is 0 Å². The number of aliphatic hydroxyl groups excluding tert-OH is 1. The summed E-state index contributed by atoms with van der Waals surface area (Å²) in [4.78, 5) is 30.6. The Hall–Kier alpha value is -3.49. The molecule has 0 amide bonds. The third-order valence-electron chi connectivity index (χ3n) is 4.79. The Morgan fingerprint density at radius 2 is 1.91 bits per heavy atom. The van der Waals surface area contributed by atoms with Crippen LogP contribution < -0.4 is 10.3 Å². The zero-order valence-corrected chi connectivity index (χ0v) is 18.2. The molecule has 2 heterocycles. The summed E-state index contributed by atoms with van der Waals surface area (Å²) in [6.45, 7) is 2.10. The average Bonchev–Trinajstić information content (AvgIpc) is 3.26. The molecule has 0 spiro atoms. The number of nitrogens with zero attached hydrogens (tertiary/aromatic N) is 2. The van der Waals surface area contributed by atoms with Gasteiger partial charge < -0.3 is 14.6 Å². The summed E-state index contributed by atoms with van der Waals surface area (Å²) >= 11 is 1.46. The molecule has 0 fully saturated rings. The molecule has 1 N–H and O–H groups in total. The quantitative estimate of drug-likeness (QED) is 0.411. The Balaban J connectivity index is 1.41. The van der Waals surface area contributed by atoms with Crippen LogP contribution >= 0.6 is 11.3 Å². The van der Waals surface area contributed by atoms with Gasteiger partial charge in [-0.15, -0.1) is 11.3 Å². The second kappa shape index (κ2) is 9.76. The van der Waals surface area contributed by atoms with Gasteiger partial charge in [-0.3, -0.25) is 9.36 Å². The van der Waals surface area contributed by atoms with Gasteiger partial charge >= 0.3 is 5.97 Å². The highest BCUT2D eigenvalue weighted by Gasteiger charge is 2.14. The van der Waals surface area contributed by atoms with Crippen LogP contribution in [0.3, 0.4) is 0 Å². The van der Waals surface area contributed by atoms with Crippen LogP contribution in [0, 0.1) is 0 Å². The summed E-state index contributed by atoms with van der Waals surface area (Å²) in [6, 6.07) is 18.1. The molecule has 0 aliphatic heterocycles. The standard InChI is InChI=1S/C24H22N2O5S/c1-2-30-24(29)17-8-10-19(11-9-17)31-14-18(27)13-26-15-25-22-20(23(26)28)12-21(32-22)16-6-4-3-5-7-16/h3-12,15,18,27H,2,13-14H2,1H3. The summed E-state index contributed by atoms with van der Waals surface area (Å²) in [7, 11) is 0. The molecule has 164 valence electrons. The number of rotatable bonds is 8. The number of fused-ring (bicyclic) bond motifs is 1. The van der Waals surface area contributed by atoms with E-state index in [4.69, 9.17) is 9.47 Å². The molecule has 1 atom stereocenters. The normalized spacial score (nSPS) is 11.9. The first-order chi connectivity index (χ1) is 15.5. The Morgan fingerprint density at radius 1 is 1.16 bits per heavy atom. The third kappa shape index (κ3) is 4.87. The van der Waals surface area contributed by atoms with Crippen molar-refractivity contribution in [2.75, 3.05) is 13.2 Å². The van der Waals surface area contributed by atoms with Crippen LogP contribution in [0.4, 0.5) is 0 Å². The molecular weight excluding hydrogens is 428 g/mol. The Morgan fingerprint density at radius 3 is 2.62 bits per heavy atom. The first-order valence-corrected chi connectivity index (χ1v) is 11.0. The van der Waals surface area contributed by atoms with Crippen LogP contribution in [0.1, 0.15) is 17.3 Å². The summed E-state index contributed by atoms with van der Waals surface area (Å²) < 4.78 is 11.9. The van der Waals surface area contributed by atoms with Crippen LogP contribution in [0.25, 0.3) is 20.7 Å². The number of benzene rings is 2. The summed E-state index contributed by atoms with van der Waals surface area (Å²) in [6.07, 6.45) is 0.539. The van der Waals surface area contributed by atoms with Crippen LogP contribution in [0.2, 0.25) is 0 Å². The van der Waals surface area contributed by atoms with E-state index in [1.165, 1.54) is 22.2 Å². The lowest BCUT2D eigenvalue weighted by atomic mass is 10.2. The van der Waals surface area contributed by atoms with Crippen molar-refractivity contribution in [2.45, 2.75) is 19.6 Å². The number of hydrogen-bond donors (Lipinski definition) is 1. The van der Waals surface area contributed by atoms with Crippen LogP contribution in [0.15, 0.2) is 71.8 Å². The number of ether oxygens (including phenoxy) is 2. The largest absolute Gasteiger partial charge is 0.491 e. The van der Waals surface area contributed by atoms with Crippen molar-refractivity contribution in [2.24, 2.45) is 0 Å². The highest BCUT2D eigenvalue weighted by Crippen LogP contribution is 2.30. The minimum absolute atomic E-state index is 0.0118. The van der Waals surface area contributed by atoms with Crippen molar-refractivity contribution < 1.29 is 19.4 Å². The molecule has 8 heteroatoms. The first-order valence-electron chi connectivity index (χ1n) is 10.2. The molecule has 0 saturated carbocycles. The average molecular weight is 451 g/mol. The summed E-state index contributed by atoms with van der Waals surface area (Å²) in [5, 5.41) is 10.9. The highest BCUT2D eigenvalue weighted by atomic mass is 32.1. The maximum absolute atomic E-state index is 12.9. The molecule has 2 aromatic carbocycles. The molecule has 1 unspecified atom stereocenters. The monoisotopic (exact) mass is 450 g/mol. The summed E-state index contributed by atoms with van der Waals surface area (Å²) in [5.41, 5.74) is 1.26. The van der Waals surface area contributed by atoms with E-state index in [0.29, 0.717) is 28.1 Å². The van der Waals surface area contributed by atoms with E-state index in [2.05, 4.69) is 4.98 Å². The number of hydrogen-bond acceptors (Lipinski definition) is 7. The lowest BCUT2D eigenvalue weighted by molar-refractivity contribution is 0.0526. The number of carbonyl (C=O) groups excluding carboxylic acids is 1. The molecule has 2 aromatic heterocycles. The number of esters is 1. The Bertz CT molecular complexity index is 1270. The topological polar surface area (TPSA) is 90.7 Å². The molecule has 0 saturated heterocycles. The molecular formula is C24H22N2O5S. The van der Waals surface area contributed by atoms with E-state index >= 15 is 0 Å². The van der Waals surface area contributed by atoms with Gasteiger partial charge in [0.05, 0.1) is 30.4 Å². The highest BCUT2D eigenvalue weighted by molar-refractivity contribution is 7.21. The summed E-state index contributed by atoms with van der Waals surface area (Å²) in [5.74, 6) is 0.105. The van der Waals surface area contributed by atoms with E-state index < -0.39 is 12.1 Å². The Labute approximate surface area is 188 Å². The maximum Gasteiger partial charge on any atom is 0.338 e. The molecule has 0 aliphatic carbocycles. The van der Waals surface area contributed by atoms with Gasteiger partial charge in [-0.2, -0.15) is 0 Å². The van der Waals surface area contributed by atoms with Crippen LogP contribution in [-0.2, 0) is 11.3 Å². The van der Waals surface area contributed by atoms with Gasteiger partial charge in [-0.1, -0.05) is 30.3 Å². The fraction of sp³-hybridized carbons (Fsp3) is 0.208. The van der Waals surface area contributed by atoms with Gasteiger partial charge in [0.25, 0.3) is 5.56 Å². The number of thiophene rings is 1. The van der Waals surface area contributed by atoms with E-state index in [1.54, 1.807) is 31.2 Å². The maximum atomic E-state index is 12.9. The van der Waals surface area contributed by atoms with Gasteiger partial charge in [-0.25, -0.2) is 9.78 Å². The van der Waals surface area contributed by atoms with Crippen molar-refractivity contribution >= 4 is 27.5 Å². The van der Waals surface area contributed by atoms with Crippen LogP contribution in [-0.4, -0.2) is 39.9 Å². The smallest absolute Gasteiger partial charge is 0.338 e. The fourth-order valence-corrected chi connectivity index (χ4v) is 4.20. The van der Waals surface area contributed by atoms with E-state index in [1.807, 2.05) is 36.4 Å². The second-order valence-corrected chi connectivity index (χ2v) is 8.14. The Kier molecular flexibility index (Phi) is 6.63. The predicted molar refractivity (Wildman–Crippen MR) is 123 cm³/mol. The molecule has 4 rings (SSSR count). The molecule has 0 bridgehead atoms. The van der Waals surface area contributed by atoms with Crippen molar-refractivity contribution in [3.63, 3.8) is 0 Å². The van der Waals surface area contributed by atoms with Gasteiger partial charge in [0.2, 0.25) is 0 Å². The fourth-order valence-electron chi connectivity index (χ4n) is 3.21. The minimum Gasteiger partial charge on any atom is -0.491 e. The van der Waals surface area contributed by atoms with Crippen molar-refractivity contribution in [1.82, 2.24) is 9.55 Å². The van der Waals surface area contributed by atoms with Gasteiger partial charge in [0, 0.05) is 4.88 Å². The van der Waals surface area contributed by atoms with E-state index in [9.17, 15) is 14.7 Å². The van der Waals surface area contributed by atoms with Gasteiger partial charge in [-0.05, 0) is 42.8 Å². The second-order valence-electron chi connectivity index (χ2n) is 7.11. The lowest BCUT2D eigenvalue weighted by Crippen LogP contribution is -2.30. The molecule has 7 nitrogen and oxygen atoms in total. The lowest BCUT2D eigenvalue weighted by Gasteiger charge is -2.14. The minimum atomic E-state index is -0.913. The first kappa shape index (κ1) is 21.7. The van der Waals surface area contributed by atoms with Crippen LogP contribution in [0.5, 0.6) is 5.75 Å². The van der Waals surface area contributed by atoms with E-state index in [0.717, 1.165) is 10.4 Å². The molecule has 0 radical (unpaired) electrons. The molecule has 4 aromatic rings. The van der Waals surface area contributed by atoms with Crippen molar-refractivity contribution in [1.29, 1.82) is 0 Å².